The van der Waals surface area contributed by atoms with Gasteiger partial charge in [0.1, 0.15) is 11.4 Å². The third-order valence-corrected chi connectivity index (χ3v) is 5.92. The molecule has 2 aliphatic rings. The van der Waals surface area contributed by atoms with Gasteiger partial charge in [-0.2, -0.15) is 0 Å². The van der Waals surface area contributed by atoms with Crippen LogP contribution in [0.3, 0.4) is 0 Å². The lowest BCUT2D eigenvalue weighted by molar-refractivity contribution is -0.137. The minimum atomic E-state index is -0.786. The number of hydrogen-bond donors (Lipinski definition) is 1. The molecule has 0 aromatic heterocycles. The lowest BCUT2D eigenvalue weighted by atomic mass is 9.95. The van der Waals surface area contributed by atoms with E-state index >= 15 is 0 Å². The summed E-state index contributed by atoms with van der Waals surface area (Å²) in [5, 5.41) is 2.31. The van der Waals surface area contributed by atoms with Crippen LogP contribution in [-0.4, -0.2) is 42.2 Å². The van der Waals surface area contributed by atoms with Gasteiger partial charge in [0.2, 0.25) is 5.91 Å². The van der Waals surface area contributed by atoms with Crippen molar-refractivity contribution in [2.45, 2.75) is 19.9 Å². The van der Waals surface area contributed by atoms with Gasteiger partial charge in [0.25, 0.3) is 11.8 Å². The third-order valence-electron chi connectivity index (χ3n) is 5.92. The van der Waals surface area contributed by atoms with Crippen LogP contribution in [-0.2, 0) is 32.1 Å². The summed E-state index contributed by atoms with van der Waals surface area (Å²) in [7, 11) is 1.17. The number of fused-ring (bicyclic) bond motifs is 2. The number of anilines is 1. The molecule has 2 heterocycles. The molecule has 0 radical (unpaired) electrons. The second-order valence-electron chi connectivity index (χ2n) is 7.86. The normalized spacial score (nSPS) is 13.9. The third kappa shape index (κ3) is 3.80. The van der Waals surface area contributed by atoms with Crippen LogP contribution in [0.1, 0.15) is 28.4 Å². The smallest absolute Gasteiger partial charge is 0.353 e. The first-order chi connectivity index (χ1) is 15.7. The van der Waals surface area contributed by atoms with Gasteiger partial charge in [-0.15, -0.1) is 0 Å². The van der Waals surface area contributed by atoms with Gasteiger partial charge in [0.15, 0.2) is 0 Å². The predicted octanol–water partition coefficient (Wildman–Crippen LogP) is 2.54. The first-order valence-electron chi connectivity index (χ1n) is 10.4. The second-order valence-corrected chi connectivity index (χ2v) is 7.86. The fourth-order valence-corrected chi connectivity index (χ4v) is 4.20. The number of hydrogen-bond acceptors (Lipinski definition) is 5. The van der Waals surface area contributed by atoms with E-state index in [1.54, 1.807) is 24.0 Å². The highest BCUT2D eigenvalue weighted by Gasteiger charge is 2.34. The standard InChI is InChI=1S/C25H23N3O5/c1-14(25(32)33-4)26-23(30)15(2)28-13-21-19(6-5-7-20(21)24(28)31)18-9-8-17-10-11-27(16(3)29)22(17)12-18/h5-9,12H,1-2,10-11,13H2,3-4H3,(H,26,30). The average molecular weight is 445 g/mol. The Bertz CT molecular complexity index is 1250. The van der Waals surface area contributed by atoms with Crippen LogP contribution >= 0.6 is 0 Å². The summed E-state index contributed by atoms with van der Waals surface area (Å²) >= 11 is 0. The second kappa shape index (κ2) is 8.38. The molecular formula is C25H23N3O5. The van der Waals surface area contributed by atoms with Gasteiger partial charge in [-0.1, -0.05) is 37.4 Å². The van der Waals surface area contributed by atoms with Crippen molar-refractivity contribution in [3.63, 3.8) is 0 Å². The number of amides is 3. The summed E-state index contributed by atoms with van der Waals surface area (Å²) in [4.78, 5) is 52.1. The van der Waals surface area contributed by atoms with Crippen molar-refractivity contribution < 1.29 is 23.9 Å². The van der Waals surface area contributed by atoms with Crippen molar-refractivity contribution in [2.24, 2.45) is 0 Å². The van der Waals surface area contributed by atoms with Crippen molar-refractivity contribution in [3.05, 3.63) is 77.6 Å². The summed E-state index contributed by atoms with van der Waals surface area (Å²) in [5.74, 6) is -1.88. The maximum Gasteiger partial charge on any atom is 0.353 e. The number of benzene rings is 2. The quantitative estimate of drug-likeness (QED) is 0.564. The Hall–Kier alpha value is -4.20. The van der Waals surface area contributed by atoms with E-state index in [1.807, 2.05) is 24.3 Å². The zero-order valence-corrected chi connectivity index (χ0v) is 18.4. The molecule has 0 saturated carbocycles. The molecule has 168 valence electrons. The largest absolute Gasteiger partial charge is 0.464 e. The number of methoxy groups -OCH3 is 1. The summed E-state index contributed by atoms with van der Waals surface area (Å²) < 4.78 is 4.52. The Labute approximate surface area is 191 Å². The Kier molecular flexibility index (Phi) is 5.59. The number of carbonyl (C=O) groups is 4. The predicted molar refractivity (Wildman–Crippen MR) is 122 cm³/mol. The zero-order chi connectivity index (χ0) is 23.9. The summed E-state index contributed by atoms with van der Waals surface area (Å²) in [5.41, 5.74) is 4.58. The first kappa shape index (κ1) is 22.0. The minimum Gasteiger partial charge on any atom is -0.464 e. The number of esters is 1. The molecule has 0 saturated heterocycles. The number of carbonyl (C=O) groups excluding carboxylic acids is 4. The molecule has 0 unspecified atom stereocenters. The van der Waals surface area contributed by atoms with E-state index in [0.29, 0.717) is 12.1 Å². The van der Waals surface area contributed by atoms with Gasteiger partial charge < -0.3 is 15.0 Å². The van der Waals surface area contributed by atoms with Crippen molar-refractivity contribution in [1.82, 2.24) is 10.2 Å². The SMILES string of the molecule is C=C(NC(=O)C(=C)N1Cc2c(cccc2-c2ccc3c(c2)N(C(C)=O)CC3)C1=O)C(=O)OC. The molecule has 4 rings (SSSR count). The number of nitrogens with one attached hydrogen (secondary N) is 1. The van der Waals surface area contributed by atoms with E-state index < -0.39 is 11.9 Å². The summed E-state index contributed by atoms with van der Waals surface area (Å²) in [6, 6.07) is 11.3. The Morgan fingerprint density at radius 2 is 1.79 bits per heavy atom. The number of ether oxygens (including phenoxy) is 1. The van der Waals surface area contributed by atoms with E-state index in [1.165, 1.54) is 12.0 Å². The summed E-state index contributed by atoms with van der Waals surface area (Å²) in [6.07, 6.45) is 0.806. The lowest BCUT2D eigenvalue weighted by Gasteiger charge is -2.18. The van der Waals surface area contributed by atoms with E-state index in [0.717, 1.165) is 34.4 Å². The maximum atomic E-state index is 13.0. The molecule has 8 nitrogen and oxygen atoms in total. The molecular weight excluding hydrogens is 422 g/mol. The van der Waals surface area contributed by atoms with Crippen LogP contribution in [0.25, 0.3) is 11.1 Å². The van der Waals surface area contributed by atoms with Crippen molar-refractivity contribution >= 4 is 29.4 Å². The molecule has 2 aliphatic heterocycles. The molecule has 0 aliphatic carbocycles. The number of nitrogens with zero attached hydrogens (tertiary/aromatic N) is 2. The molecule has 0 atom stereocenters. The Morgan fingerprint density at radius 1 is 1.06 bits per heavy atom. The lowest BCUT2D eigenvalue weighted by Crippen LogP contribution is -2.36. The molecule has 33 heavy (non-hydrogen) atoms. The van der Waals surface area contributed by atoms with Gasteiger partial charge >= 0.3 is 5.97 Å². The van der Waals surface area contributed by atoms with Gasteiger partial charge in [-0.25, -0.2) is 4.79 Å². The molecule has 8 heteroatoms. The highest BCUT2D eigenvalue weighted by atomic mass is 16.5. The van der Waals surface area contributed by atoms with Gasteiger partial charge in [0, 0.05) is 24.7 Å². The molecule has 0 spiro atoms. The van der Waals surface area contributed by atoms with Crippen LogP contribution in [0, 0.1) is 0 Å². The van der Waals surface area contributed by atoms with Crippen LogP contribution in [0.5, 0.6) is 0 Å². The topological polar surface area (TPSA) is 96.0 Å². The van der Waals surface area contributed by atoms with Crippen LogP contribution in [0.15, 0.2) is 61.0 Å². The number of rotatable bonds is 5. The van der Waals surface area contributed by atoms with Crippen molar-refractivity contribution in [2.75, 3.05) is 18.6 Å². The minimum absolute atomic E-state index is 0.0126. The van der Waals surface area contributed by atoms with E-state index in [2.05, 4.69) is 23.2 Å². The fourth-order valence-electron chi connectivity index (χ4n) is 4.20. The molecule has 3 amide bonds. The highest BCUT2D eigenvalue weighted by molar-refractivity contribution is 6.08. The first-order valence-corrected chi connectivity index (χ1v) is 10.4. The Balaban J connectivity index is 1.62. The summed E-state index contributed by atoms with van der Waals surface area (Å²) in [6.45, 7) is 9.54. The molecule has 0 bridgehead atoms. The molecule has 2 aromatic carbocycles. The Morgan fingerprint density at radius 3 is 2.48 bits per heavy atom. The van der Waals surface area contributed by atoms with Crippen LogP contribution < -0.4 is 10.2 Å². The zero-order valence-electron chi connectivity index (χ0n) is 18.4. The molecule has 1 N–H and O–H groups in total. The molecule has 0 fully saturated rings. The van der Waals surface area contributed by atoms with Gasteiger partial charge in [0.05, 0.1) is 13.7 Å². The van der Waals surface area contributed by atoms with Crippen molar-refractivity contribution in [1.29, 1.82) is 0 Å². The van der Waals surface area contributed by atoms with Crippen LogP contribution in [0.4, 0.5) is 5.69 Å². The monoisotopic (exact) mass is 445 g/mol. The fraction of sp³-hybridized carbons (Fsp3) is 0.200. The van der Waals surface area contributed by atoms with Gasteiger partial charge in [-0.3, -0.25) is 19.3 Å². The van der Waals surface area contributed by atoms with Gasteiger partial charge in [-0.05, 0) is 40.8 Å². The maximum absolute atomic E-state index is 13.0. The van der Waals surface area contributed by atoms with E-state index in [-0.39, 0.29) is 29.8 Å². The van der Waals surface area contributed by atoms with Crippen LogP contribution in [0.2, 0.25) is 0 Å². The van der Waals surface area contributed by atoms with E-state index in [9.17, 15) is 19.2 Å². The van der Waals surface area contributed by atoms with E-state index in [4.69, 9.17) is 0 Å². The molecule has 2 aromatic rings. The van der Waals surface area contributed by atoms with Crippen molar-refractivity contribution in [3.8, 4) is 11.1 Å². The highest BCUT2D eigenvalue weighted by Crippen LogP contribution is 2.38. The average Bonchev–Trinajstić information content (AvgIpc) is 3.38.